The Balaban J connectivity index is 2.74. The van der Waals surface area contributed by atoms with Gasteiger partial charge in [0.15, 0.2) is 0 Å². The molecule has 0 aliphatic rings. The van der Waals surface area contributed by atoms with Gasteiger partial charge in [0.2, 0.25) is 0 Å². The molecule has 1 aromatic carbocycles. The Hall–Kier alpha value is -0.820. The monoisotopic (exact) mass is 148 g/mol. The molecule has 1 heteroatoms. The van der Waals surface area contributed by atoms with Crippen molar-refractivity contribution in [3.8, 4) is 0 Å². The second-order valence-corrected chi connectivity index (χ2v) is 2.59. The zero-order chi connectivity index (χ0) is 8.10. The van der Waals surface area contributed by atoms with Crippen LogP contribution < -0.4 is 0 Å². The molecule has 1 aromatic rings. The van der Waals surface area contributed by atoms with Gasteiger partial charge in [-0.2, -0.15) is 7.05 Å². The van der Waals surface area contributed by atoms with Gasteiger partial charge >= 0.3 is 0 Å². The third-order valence-electron chi connectivity index (χ3n) is 1.88. The molecule has 0 saturated carbocycles. The Labute approximate surface area is 68.4 Å². The third-order valence-corrected chi connectivity index (χ3v) is 1.88. The molecule has 0 radical (unpaired) electrons. The Bertz CT molecular complexity index is 189. The van der Waals surface area contributed by atoms with E-state index in [1.54, 1.807) is 0 Å². The van der Waals surface area contributed by atoms with Crippen LogP contribution >= 0.6 is 0 Å². The summed E-state index contributed by atoms with van der Waals surface area (Å²) >= 11 is 0. The van der Waals surface area contributed by atoms with Crippen molar-refractivity contribution in [2.75, 3.05) is 7.05 Å². The lowest BCUT2D eigenvalue weighted by Gasteiger charge is -2.26. The summed E-state index contributed by atoms with van der Waals surface area (Å²) in [7, 11) is 1.88. The molecule has 0 fully saturated rings. The van der Waals surface area contributed by atoms with Gasteiger partial charge in [0.05, 0.1) is 0 Å². The van der Waals surface area contributed by atoms with Crippen molar-refractivity contribution in [1.29, 1.82) is 0 Å². The predicted octanol–water partition coefficient (Wildman–Crippen LogP) is 3.14. The fourth-order valence-electron chi connectivity index (χ4n) is 1.24. The molecule has 0 aliphatic carbocycles. The number of benzene rings is 1. The minimum absolute atomic E-state index is 0.385. The molecular formula is C10H14N-. The largest absolute Gasteiger partial charge is 0.658 e. The summed E-state index contributed by atoms with van der Waals surface area (Å²) in [5.74, 6) is 0. The van der Waals surface area contributed by atoms with E-state index in [4.69, 9.17) is 0 Å². The van der Waals surface area contributed by atoms with Crippen LogP contribution in [0.4, 0.5) is 0 Å². The first-order chi connectivity index (χ1) is 5.38. The van der Waals surface area contributed by atoms with Crippen LogP contribution in [0.25, 0.3) is 5.32 Å². The van der Waals surface area contributed by atoms with E-state index in [0.29, 0.717) is 6.04 Å². The first-order valence-electron chi connectivity index (χ1n) is 4.02. The summed E-state index contributed by atoms with van der Waals surface area (Å²) in [5.41, 5.74) is 1.32. The minimum Gasteiger partial charge on any atom is -0.658 e. The molecule has 0 bridgehead atoms. The molecular weight excluding hydrogens is 134 g/mol. The molecule has 0 N–H and O–H groups in total. The van der Waals surface area contributed by atoms with Crippen LogP contribution in [0.5, 0.6) is 0 Å². The SMILES string of the molecule is CC[C@@H]([N-]C)c1ccccc1. The first kappa shape index (κ1) is 8.28. The van der Waals surface area contributed by atoms with E-state index < -0.39 is 0 Å². The van der Waals surface area contributed by atoms with Crippen molar-refractivity contribution in [2.24, 2.45) is 0 Å². The smallest absolute Gasteiger partial charge is 0.0605 e. The number of rotatable bonds is 3. The molecule has 0 amide bonds. The van der Waals surface area contributed by atoms with Gasteiger partial charge in [0, 0.05) is 0 Å². The van der Waals surface area contributed by atoms with E-state index in [1.165, 1.54) is 5.56 Å². The quantitative estimate of drug-likeness (QED) is 0.625. The average Bonchev–Trinajstić information content (AvgIpc) is 2.09. The van der Waals surface area contributed by atoms with Gasteiger partial charge < -0.3 is 5.32 Å². The Morgan fingerprint density at radius 2 is 1.91 bits per heavy atom. The van der Waals surface area contributed by atoms with Gasteiger partial charge in [0.25, 0.3) is 0 Å². The second-order valence-electron chi connectivity index (χ2n) is 2.59. The van der Waals surface area contributed by atoms with E-state index in [0.717, 1.165) is 6.42 Å². The second kappa shape index (κ2) is 4.14. The van der Waals surface area contributed by atoms with Crippen molar-refractivity contribution in [3.63, 3.8) is 0 Å². The van der Waals surface area contributed by atoms with Crippen molar-refractivity contribution < 1.29 is 0 Å². The Morgan fingerprint density at radius 1 is 1.27 bits per heavy atom. The van der Waals surface area contributed by atoms with Crippen molar-refractivity contribution >= 4 is 0 Å². The van der Waals surface area contributed by atoms with E-state index in [1.807, 2.05) is 13.1 Å². The fourth-order valence-corrected chi connectivity index (χ4v) is 1.24. The maximum atomic E-state index is 4.28. The van der Waals surface area contributed by atoms with Gasteiger partial charge in [-0.15, -0.1) is 6.04 Å². The van der Waals surface area contributed by atoms with Crippen LogP contribution in [0, 0.1) is 0 Å². The normalized spacial score (nSPS) is 12.9. The maximum absolute atomic E-state index is 4.28. The van der Waals surface area contributed by atoms with Crippen molar-refractivity contribution in [3.05, 3.63) is 41.2 Å². The standard InChI is InChI=1S/C10H14N/c1-3-10(11-2)9-7-5-4-6-8-9/h4-8,10H,3H2,1-2H3/q-1/t10-/m1/s1. The zero-order valence-corrected chi connectivity index (χ0v) is 7.12. The molecule has 0 heterocycles. The fraction of sp³-hybridized carbons (Fsp3) is 0.400. The molecule has 60 valence electrons. The molecule has 0 aliphatic heterocycles. The summed E-state index contributed by atoms with van der Waals surface area (Å²) in [6.07, 6.45) is 1.08. The Morgan fingerprint density at radius 3 is 2.36 bits per heavy atom. The van der Waals surface area contributed by atoms with Crippen molar-refractivity contribution in [1.82, 2.24) is 0 Å². The first-order valence-corrected chi connectivity index (χ1v) is 4.02. The summed E-state index contributed by atoms with van der Waals surface area (Å²) in [6.45, 7) is 2.16. The lowest BCUT2D eigenvalue weighted by atomic mass is 10.1. The maximum Gasteiger partial charge on any atom is -0.0605 e. The van der Waals surface area contributed by atoms with Gasteiger partial charge in [0.1, 0.15) is 0 Å². The Kier molecular flexibility index (Phi) is 3.12. The van der Waals surface area contributed by atoms with Gasteiger partial charge in [-0.05, 0) is 0 Å². The van der Waals surface area contributed by atoms with E-state index >= 15 is 0 Å². The van der Waals surface area contributed by atoms with Crippen LogP contribution in [0.15, 0.2) is 30.3 Å². The van der Waals surface area contributed by atoms with Crippen LogP contribution in [0.1, 0.15) is 24.9 Å². The van der Waals surface area contributed by atoms with E-state index in [9.17, 15) is 0 Å². The van der Waals surface area contributed by atoms with Crippen molar-refractivity contribution in [2.45, 2.75) is 19.4 Å². The van der Waals surface area contributed by atoms with Gasteiger partial charge in [-0.3, -0.25) is 0 Å². The molecule has 0 saturated heterocycles. The topological polar surface area (TPSA) is 14.1 Å². The summed E-state index contributed by atoms with van der Waals surface area (Å²) in [6, 6.07) is 10.8. The lowest BCUT2D eigenvalue weighted by Crippen LogP contribution is -1.93. The number of hydrogen-bond acceptors (Lipinski definition) is 0. The minimum atomic E-state index is 0.385. The van der Waals surface area contributed by atoms with Crippen LogP contribution in [0.3, 0.4) is 0 Å². The van der Waals surface area contributed by atoms with E-state index in [2.05, 4.69) is 36.5 Å². The third kappa shape index (κ3) is 2.05. The van der Waals surface area contributed by atoms with Crippen LogP contribution in [0.2, 0.25) is 0 Å². The molecule has 11 heavy (non-hydrogen) atoms. The molecule has 0 spiro atoms. The highest BCUT2D eigenvalue weighted by molar-refractivity contribution is 5.22. The summed E-state index contributed by atoms with van der Waals surface area (Å²) in [4.78, 5) is 0. The molecule has 1 nitrogen and oxygen atoms in total. The zero-order valence-electron chi connectivity index (χ0n) is 7.12. The van der Waals surface area contributed by atoms with Crippen LogP contribution in [-0.2, 0) is 0 Å². The van der Waals surface area contributed by atoms with Gasteiger partial charge in [-0.25, -0.2) is 0 Å². The highest BCUT2D eigenvalue weighted by Crippen LogP contribution is 2.22. The predicted molar refractivity (Wildman–Crippen MR) is 48.8 cm³/mol. The summed E-state index contributed by atoms with van der Waals surface area (Å²) in [5, 5.41) is 4.28. The lowest BCUT2D eigenvalue weighted by molar-refractivity contribution is 0.772. The van der Waals surface area contributed by atoms with E-state index in [-0.39, 0.29) is 0 Å². The summed E-state index contributed by atoms with van der Waals surface area (Å²) < 4.78 is 0. The molecule has 1 atom stereocenters. The van der Waals surface area contributed by atoms with Crippen LogP contribution in [-0.4, -0.2) is 7.05 Å². The molecule has 0 aromatic heterocycles. The number of nitrogens with zero attached hydrogens (tertiary/aromatic N) is 1. The highest BCUT2D eigenvalue weighted by Gasteiger charge is 1.94. The molecule has 1 rings (SSSR count). The highest BCUT2D eigenvalue weighted by atomic mass is 14.9. The average molecular weight is 148 g/mol. The van der Waals surface area contributed by atoms with Gasteiger partial charge in [-0.1, -0.05) is 49.2 Å². The number of hydrogen-bond donors (Lipinski definition) is 0. The molecule has 0 unspecified atom stereocenters.